The highest BCUT2D eigenvalue weighted by molar-refractivity contribution is 5.37. The standard InChI is InChI=1S/C8H10N2O2/c11-10(12)8-4-6-9-5-2-1-3-7(8)9/h4,6H,1-3,5H2. The van der Waals surface area contributed by atoms with Gasteiger partial charge in [0.05, 0.1) is 10.6 Å². The monoisotopic (exact) mass is 166 g/mol. The Bertz CT molecular complexity index is 317. The second-order valence-corrected chi connectivity index (χ2v) is 3.06. The molecule has 0 amide bonds. The number of hydrogen-bond acceptors (Lipinski definition) is 2. The van der Waals surface area contributed by atoms with Crippen LogP contribution in [0.5, 0.6) is 0 Å². The molecule has 1 aliphatic rings. The van der Waals surface area contributed by atoms with E-state index < -0.39 is 0 Å². The molecule has 0 aliphatic carbocycles. The lowest BCUT2D eigenvalue weighted by molar-refractivity contribution is -0.385. The number of aromatic nitrogens is 1. The predicted octanol–water partition coefficient (Wildman–Crippen LogP) is 1.73. The Morgan fingerprint density at radius 2 is 2.33 bits per heavy atom. The molecule has 0 saturated heterocycles. The normalized spacial score (nSPS) is 15.7. The van der Waals surface area contributed by atoms with Crippen molar-refractivity contribution >= 4 is 5.69 Å². The molecule has 0 aromatic carbocycles. The second-order valence-electron chi connectivity index (χ2n) is 3.06. The zero-order valence-corrected chi connectivity index (χ0v) is 6.69. The Hall–Kier alpha value is -1.32. The van der Waals surface area contributed by atoms with Crippen LogP contribution in [-0.2, 0) is 13.0 Å². The highest BCUT2D eigenvalue weighted by atomic mass is 16.6. The van der Waals surface area contributed by atoms with E-state index in [0.717, 1.165) is 31.5 Å². The number of hydrogen-bond donors (Lipinski definition) is 0. The topological polar surface area (TPSA) is 48.1 Å². The molecule has 0 unspecified atom stereocenters. The van der Waals surface area contributed by atoms with Crippen molar-refractivity contribution in [2.45, 2.75) is 25.8 Å². The van der Waals surface area contributed by atoms with E-state index in [0.29, 0.717) is 0 Å². The Morgan fingerprint density at radius 3 is 3.08 bits per heavy atom. The third kappa shape index (κ3) is 0.995. The second kappa shape index (κ2) is 2.62. The Morgan fingerprint density at radius 1 is 1.50 bits per heavy atom. The van der Waals surface area contributed by atoms with Gasteiger partial charge in [-0.1, -0.05) is 0 Å². The van der Waals surface area contributed by atoms with Gasteiger partial charge in [-0.15, -0.1) is 0 Å². The van der Waals surface area contributed by atoms with Crippen molar-refractivity contribution in [3.8, 4) is 0 Å². The fraction of sp³-hybridized carbons (Fsp3) is 0.500. The van der Waals surface area contributed by atoms with Crippen LogP contribution in [0.3, 0.4) is 0 Å². The zero-order chi connectivity index (χ0) is 8.55. The van der Waals surface area contributed by atoms with Crippen LogP contribution < -0.4 is 0 Å². The van der Waals surface area contributed by atoms with E-state index in [1.54, 1.807) is 6.07 Å². The van der Waals surface area contributed by atoms with Crippen molar-refractivity contribution < 1.29 is 4.92 Å². The summed E-state index contributed by atoms with van der Waals surface area (Å²) in [4.78, 5) is 10.2. The van der Waals surface area contributed by atoms with Crippen LogP contribution in [0.4, 0.5) is 5.69 Å². The maximum absolute atomic E-state index is 10.5. The summed E-state index contributed by atoms with van der Waals surface area (Å²) in [5, 5.41) is 10.5. The van der Waals surface area contributed by atoms with Crippen molar-refractivity contribution in [3.05, 3.63) is 28.1 Å². The quantitative estimate of drug-likeness (QED) is 0.471. The first-order valence-corrected chi connectivity index (χ1v) is 4.11. The van der Waals surface area contributed by atoms with Crippen LogP contribution in [0.2, 0.25) is 0 Å². The fourth-order valence-electron chi connectivity index (χ4n) is 1.72. The molecule has 1 aliphatic heterocycles. The van der Waals surface area contributed by atoms with Gasteiger partial charge in [-0.25, -0.2) is 0 Å². The van der Waals surface area contributed by atoms with Crippen LogP contribution in [0.25, 0.3) is 0 Å². The number of nitro groups is 1. The van der Waals surface area contributed by atoms with Gasteiger partial charge in [-0.3, -0.25) is 10.1 Å². The van der Waals surface area contributed by atoms with Crippen LogP contribution in [0.15, 0.2) is 12.3 Å². The van der Waals surface area contributed by atoms with Gasteiger partial charge < -0.3 is 4.57 Å². The van der Waals surface area contributed by atoms with E-state index in [2.05, 4.69) is 0 Å². The summed E-state index contributed by atoms with van der Waals surface area (Å²) in [7, 11) is 0. The highest BCUT2D eigenvalue weighted by Gasteiger charge is 2.20. The van der Waals surface area contributed by atoms with Crippen LogP contribution in [0.1, 0.15) is 18.5 Å². The minimum atomic E-state index is -0.294. The molecule has 0 N–H and O–H groups in total. The lowest BCUT2D eigenvalue weighted by Crippen LogP contribution is -2.09. The van der Waals surface area contributed by atoms with E-state index in [9.17, 15) is 10.1 Å². The summed E-state index contributed by atoms with van der Waals surface area (Å²) in [5.41, 5.74) is 1.18. The van der Waals surface area contributed by atoms with Crippen LogP contribution in [0, 0.1) is 10.1 Å². The lowest BCUT2D eigenvalue weighted by atomic mass is 10.1. The van der Waals surface area contributed by atoms with E-state index >= 15 is 0 Å². The molecule has 0 atom stereocenters. The van der Waals surface area contributed by atoms with Gasteiger partial charge in [-0.05, 0) is 19.3 Å². The average molecular weight is 166 g/mol. The minimum Gasteiger partial charge on any atom is -0.346 e. The van der Waals surface area contributed by atoms with Gasteiger partial charge in [0.1, 0.15) is 0 Å². The molecule has 0 fully saturated rings. The molecule has 4 nitrogen and oxygen atoms in total. The average Bonchev–Trinajstić information content (AvgIpc) is 2.47. The maximum Gasteiger partial charge on any atom is 0.290 e. The molecule has 1 aromatic heterocycles. The number of nitrogens with zero attached hydrogens (tertiary/aromatic N) is 2. The largest absolute Gasteiger partial charge is 0.346 e. The molecular weight excluding hydrogens is 156 g/mol. The predicted molar refractivity (Wildman–Crippen MR) is 44.0 cm³/mol. The molecule has 0 saturated carbocycles. The van der Waals surface area contributed by atoms with E-state index in [-0.39, 0.29) is 10.6 Å². The molecule has 64 valence electrons. The molecule has 2 heterocycles. The van der Waals surface area contributed by atoms with Crippen LogP contribution >= 0.6 is 0 Å². The zero-order valence-electron chi connectivity index (χ0n) is 6.69. The highest BCUT2D eigenvalue weighted by Crippen LogP contribution is 2.25. The van der Waals surface area contributed by atoms with Crippen molar-refractivity contribution in [2.24, 2.45) is 0 Å². The third-order valence-corrected chi connectivity index (χ3v) is 2.31. The summed E-state index contributed by atoms with van der Waals surface area (Å²) in [6.07, 6.45) is 4.87. The molecule has 1 aromatic rings. The smallest absolute Gasteiger partial charge is 0.290 e. The molecule has 2 rings (SSSR count). The molecule has 0 bridgehead atoms. The first kappa shape index (κ1) is 7.34. The molecule has 0 radical (unpaired) electrons. The molecular formula is C8H10N2O2. The summed E-state index contributed by atoms with van der Waals surface area (Å²) in [6.45, 7) is 0.934. The maximum atomic E-state index is 10.5. The van der Waals surface area contributed by atoms with Gasteiger partial charge in [0.25, 0.3) is 5.69 Å². The SMILES string of the molecule is O=[N+]([O-])c1ccn2c1CCCC2. The number of aryl methyl sites for hydroxylation is 1. The van der Waals surface area contributed by atoms with Gasteiger partial charge in [-0.2, -0.15) is 0 Å². The van der Waals surface area contributed by atoms with E-state index in [4.69, 9.17) is 0 Å². The minimum absolute atomic E-state index is 0.287. The van der Waals surface area contributed by atoms with Crippen molar-refractivity contribution in [1.82, 2.24) is 4.57 Å². The Kier molecular flexibility index (Phi) is 1.60. The first-order chi connectivity index (χ1) is 5.79. The van der Waals surface area contributed by atoms with Gasteiger partial charge >= 0.3 is 0 Å². The van der Waals surface area contributed by atoms with Crippen molar-refractivity contribution in [3.63, 3.8) is 0 Å². The first-order valence-electron chi connectivity index (χ1n) is 4.11. The lowest BCUT2D eigenvalue weighted by Gasteiger charge is -2.13. The molecule has 4 heteroatoms. The van der Waals surface area contributed by atoms with Crippen molar-refractivity contribution in [1.29, 1.82) is 0 Å². The number of fused-ring (bicyclic) bond motifs is 1. The van der Waals surface area contributed by atoms with Gasteiger partial charge in [0.2, 0.25) is 0 Å². The van der Waals surface area contributed by atoms with Gasteiger partial charge in [0.15, 0.2) is 0 Å². The summed E-state index contributed by atoms with van der Waals surface area (Å²) in [6, 6.07) is 1.60. The summed E-state index contributed by atoms with van der Waals surface area (Å²) in [5.74, 6) is 0. The fourth-order valence-corrected chi connectivity index (χ4v) is 1.72. The van der Waals surface area contributed by atoms with E-state index in [1.165, 1.54) is 0 Å². The van der Waals surface area contributed by atoms with Gasteiger partial charge in [0, 0.05) is 18.8 Å². The third-order valence-electron chi connectivity index (χ3n) is 2.31. The Balaban J connectivity index is 2.44. The molecule has 12 heavy (non-hydrogen) atoms. The van der Waals surface area contributed by atoms with E-state index in [1.807, 2.05) is 10.8 Å². The Labute approximate surface area is 70.0 Å². The summed E-state index contributed by atoms with van der Waals surface area (Å²) < 4.78 is 1.99. The van der Waals surface area contributed by atoms with Crippen molar-refractivity contribution in [2.75, 3.05) is 0 Å². The summed E-state index contributed by atoms with van der Waals surface area (Å²) >= 11 is 0. The molecule has 0 spiro atoms. The number of rotatable bonds is 1. The van der Waals surface area contributed by atoms with Crippen LogP contribution in [-0.4, -0.2) is 9.49 Å².